The largest absolute Gasteiger partial charge is 0.434 e. The van der Waals surface area contributed by atoms with E-state index < -0.39 is 6.61 Å². The standard InChI is InChI=1S/C16H20F2N4O2.ClH/c1-9-6-11(7-10(2)13(9)23-16(17)18)15-20-14(21-24-15)12-8-19-4-5-22(12)3;/h6-7,12,16,19H,4-5,8H2,1-3H3;1H. The van der Waals surface area contributed by atoms with E-state index in [0.717, 1.165) is 19.6 Å². The van der Waals surface area contributed by atoms with Crippen molar-refractivity contribution in [3.05, 3.63) is 29.1 Å². The van der Waals surface area contributed by atoms with Crippen molar-refractivity contribution in [1.29, 1.82) is 0 Å². The maximum absolute atomic E-state index is 12.5. The fourth-order valence-electron chi connectivity index (χ4n) is 2.93. The molecule has 138 valence electrons. The fraction of sp³-hybridized carbons (Fsp3) is 0.500. The molecule has 0 bridgehead atoms. The quantitative estimate of drug-likeness (QED) is 0.887. The lowest BCUT2D eigenvalue weighted by Crippen LogP contribution is -2.44. The Balaban J connectivity index is 0.00000225. The van der Waals surface area contributed by atoms with Gasteiger partial charge in [0, 0.05) is 25.2 Å². The topological polar surface area (TPSA) is 63.4 Å². The van der Waals surface area contributed by atoms with Crippen LogP contribution >= 0.6 is 12.4 Å². The van der Waals surface area contributed by atoms with E-state index in [1.54, 1.807) is 26.0 Å². The van der Waals surface area contributed by atoms with Crippen LogP contribution in [0.15, 0.2) is 16.7 Å². The molecule has 1 atom stereocenters. The average Bonchev–Trinajstić information content (AvgIpc) is 3.00. The molecule has 25 heavy (non-hydrogen) atoms. The number of hydrogen-bond donors (Lipinski definition) is 1. The van der Waals surface area contributed by atoms with E-state index in [2.05, 4.69) is 25.1 Å². The minimum atomic E-state index is -2.85. The van der Waals surface area contributed by atoms with Crippen LogP contribution in [0.2, 0.25) is 0 Å². The van der Waals surface area contributed by atoms with Crippen molar-refractivity contribution >= 4 is 12.4 Å². The van der Waals surface area contributed by atoms with Gasteiger partial charge in [0.1, 0.15) is 5.75 Å². The van der Waals surface area contributed by atoms with Crippen LogP contribution in [0.25, 0.3) is 11.5 Å². The molecule has 1 aliphatic rings. The maximum atomic E-state index is 12.5. The summed E-state index contributed by atoms with van der Waals surface area (Å²) in [6.07, 6.45) is 0. The van der Waals surface area contributed by atoms with Crippen molar-refractivity contribution in [3.63, 3.8) is 0 Å². The van der Waals surface area contributed by atoms with Gasteiger partial charge in [-0.25, -0.2) is 0 Å². The molecule has 6 nitrogen and oxygen atoms in total. The van der Waals surface area contributed by atoms with Crippen molar-refractivity contribution < 1.29 is 18.0 Å². The normalized spacial score (nSPS) is 18.2. The molecule has 3 rings (SSSR count). The van der Waals surface area contributed by atoms with Crippen LogP contribution in [0.5, 0.6) is 5.75 Å². The predicted molar refractivity (Wildman–Crippen MR) is 91.3 cm³/mol. The number of alkyl halides is 2. The first-order chi connectivity index (χ1) is 11.5. The molecule has 1 aliphatic heterocycles. The Labute approximate surface area is 150 Å². The molecule has 9 heteroatoms. The molecule has 2 heterocycles. The molecule has 2 aromatic rings. The molecule has 1 fully saturated rings. The summed E-state index contributed by atoms with van der Waals surface area (Å²) in [5.41, 5.74) is 1.89. The molecule has 1 saturated heterocycles. The molecule has 0 amide bonds. The molecule has 1 N–H and O–H groups in total. The number of aromatic nitrogens is 2. The number of piperazine rings is 1. The molecular formula is C16H21ClF2N4O2. The highest BCUT2D eigenvalue weighted by Gasteiger charge is 2.25. The second-order valence-electron chi connectivity index (χ2n) is 5.98. The number of benzene rings is 1. The van der Waals surface area contributed by atoms with Crippen molar-refractivity contribution in [2.75, 3.05) is 26.7 Å². The van der Waals surface area contributed by atoms with E-state index in [4.69, 9.17) is 4.52 Å². The summed E-state index contributed by atoms with van der Waals surface area (Å²) < 4.78 is 34.9. The number of likely N-dealkylation sites (N-methyl/N-ethyl adjacent to an activating group) is 1. The first-order valence-corrected chi connectivity index (χ1v) is 7.76. The van der Waals surface area contributed by atoms with E-state index >= 15 is 0 Å². The molecule has 0 saturated carbocycles. The molecule has 0 spiro atoms. The number of halogens is 3. The van der Waals surface area contributed by atoms with Crippen molar-refractivity contribution in [1.82, 2.24) is 20.4 Å². The van der Waals surface area contributed by atoms with Gasteiger partial charge in [-0.05, 0) is 44.2 Å². The van der Waals surface area contributed by atoms with Crippen LogP contribution in [0.1, 0.15) is 23.0 Å². The summed E-state index contributed by atoms with van der Waals surface area (Å²) >= 11 is 0. The van der Waals surface area contributed by atoms with Crippen molar-refractivity contribution in [2.24, 2.45) is 0 Å². The zero-order valence-electron chi connectivity index (χ0n) is 14.3. The van der Waals surface area contributed by atoms with Crippen LogP contribution in [-0.4, -0.2) is 48.3 Å². The second-order valence-corrected chi connectivity index (χ2v) is 5.98. The summed E-state index contributed by atoms with van der Waals surface area (Å²) in [7, 11) is 2.02. The fourth-order valence-corrected chi connectivity index (χ4v) is 2.93. The maximum Gasteiger partial charge on any atom is 0.387 e. The Kier molecular flexibility index (Phi) is 6.31. The molecule has 1 aromatic carbocycles. The third-order valence-electron chi connectivity index (χ3n) is 4.17. The van der Waals surface area contributed by atoms with Gasteiger partial charge in [0.2, 0.25) is 0 Å². The van der Waals surface area contributed by atoms with Crippen molar-refractivity contribution in [3.8, 4) is 17.2 Å². The average molecular weight is 375 g/mol. The van der Waals surface area contributed by atoms with Gasteiger partial charge in [0.15, 0.2) is 5.82 Å². The number of aryl methyl sites for hydroxylation is 2. The van der Waals surface area contributed by atoms with E-state index in [9.17, 15) is 8.78 Å². The zero-order chi connectivity index (χ0) is 17.3. The monoisotopic (exact) mass is 374 g/mol. The van der Waals surface area contributed by atoms with Crippen molar-refractivity contribution in [2.45, 2.75) is 26.5 Å². The van der Waals surface area contributed by atoms with Gasteiger partial charge in [0.05, 0.1) is 6.04 Å². The summed E-state index contributed by atoms with van der Waals surface area (Å²) in [5, 5.41) is 7.38. The highest BCUT2D eigenvalue weighted by Crippen LogP contribution is 2.31. The lowest BCUT2D eigenvalue weighted by atomic mass is 10.1. The predicted octanol–water partition coefficient (Wildman–Crippen LogP) is 2.95. The summed E-state index contributed by atoms with van der Waals surface area (Å²) in [6, 6.07) is 3.48. The van der Waals surface area contributed by atoms with Gasteiger partial charge >= 0.3 is 6.61 Å². The Hall–Kier alpha value is -1.77. The van der Waals surface area contributed by atoms with Gasteiger partial charge in [-0.3, -0.25) is 4.90 Å². The molecular weight excluding hydrogens is 354 g/mol. The van der Waals surface area contributed by atoms with Crippen LogP contribution in [-0.2, 0) is 0 Å². The van der Waals surface area contributed by atoms with Gasteiger partial charge < -0.3 is 14.6 Å². The molecule has 0 aliphatic carbocycles. The van der Waals surface area contributed by atoms with Gasteiger partial charge in [-0.2, -0.15) is 13.8 Å². The zero-order valence-corrected chi connectivity index (χ0v) is 15.1. The Morgan fingerprint density at radius 3 is 2.60 bits per heavy atom. The number of rotatable bonds is 4. The van der Waals surface area contributed by atoms with Gasteiger partial charge in [-0.1, -0.05) is 5.16 Å². The molecule has 1 unspecified atom stereocenters. The number of ether oxygens (including phenoxy) is 1. The minimum absolute atomic E-state index is 0. The smallest absolute Gasteiger partial charge is 0.387 e. The lowest BCUT2D eigenvalue weighted by molar-refractivity contribution is -0.0507. The van der Waals surface area contributed by atoms with Crippen LogP contribution in [0.3, 0.4) is 0 Å². The van der Waals surface area contributed by atoms with E-state index in [1.165, 1.54) is 0 Å². The third kappa shape index (κ3) is 4.26. The van der Waals surface area contributed by atoms with E-state index in [-0.39, 0.29) is 24.2 Å². The third-order valence-corrected chi connectivity index (χ3v) is 4.17. The number of nitrogens with zero attached hydrogens (tertiary/aromatic N) is 3. The molecule has 1 aromatic heterocycles. The SMILES string of the molecule is Cc1cc(-c2nc(C3CNCCN3C)no2)cc(C)c1OC(F)F.Cl. The van der Waals surface area contributed by atoms with E-state index in [0.29, 0.717) is 28.4 Å². The van der Waals surface area contributed by atoms with Crippen LogP contribution in [0, 0.1) is 13.8 Å². The van der Waals surface area contributed by atoms with Crippen LogP contribution in [0.4, 0.5) is 8.78 Å². The summed E-state index contributed by atoms with van der Waals surface area (Å²) in [6.45, 7) is 3.18. The van der Waals surface area contributed by atoms with Gasteiger partial charge in [0.25, 0.3) is 5.89 Å². The number of nitrogens with one attached hydrogen (secondary N) is 1. The Morgan fingerprint density at radius 1 is 1.32 bits per heavy atom. The lowest BCUT2D eigenvalue weighted by Gasteiger charge is -2.30. The van der Waals surface area contributed by atoms with Gasteiger partial charge in [-0.15, -0.1) is 12.4 Å². The number of hydrogen-bond acceptors (Lipinski definition) is 6. The first kappa shape index (κ1) is 19.6. The van der Waals surface area contributed by atoms with E-state index in [1.807, 2.05) is 7.05 Å². The second kappa shape index (κ2) is 8.07. The highest BCUT2D eigenvalue weighted by atomic mass is 35.5. The highest BCUT2D eigenvalue weighted by molar-refractivity contribution is 5.85. The summed E-state index contributed by atoms with van der Waals surface area (Å²) in [4.78, 5) is 6.65. The minimum Gasteiger partial charge on any atom is -0.434 e. The first-order valence-electron chi connectivity index (χ1n) is 7.76. The van der Waals surface area contributed by atoms with Crippen LogP contribution < -0.4 is 10.1 Å². The summed E-state index contributed by atoms with van der Waals surface area (Å²) in [5.74, 6) is 1.17. The Morgan fingerprint density at radius 2 is 2.00 bits per heavy atom. The molecule has 0 radical (unpaired) electrons. The Bertz CT molecular complexity index is 703.